The Bertz CT molecular complexity index is 854. The van der Waals surface area contributed by atoms with E-state index in [2.05, 4.69) is 82.2 Å². The van der Waals surface area contributed by atoms with Gasteiger partial charge in [0.05, 0.1) is 0 Å². The molecule has 116 valence electrons. The summed E-state index contributed by atoms with van der Waals surface area (Å²) in [5, 5.41) is 18.8. The molecule has 0 spiro atoms. The fraction of sp³-hybridized carbons (Fsp3) is 0. The van der Waals surface area contributed by atoms with Gasteiger partial charge < -0.3 is 0 Å². The Morgan fingerprint density at radius 3 is 1.12 bits per heavy atom. The molecule has 0 aliphatic carbocycles. The van der Waals surface area contributed by atoms with Crippen LogP contribution >= 0.6 is 38.5 Å². The Morgan fingerprint density at radius 1 is 0.458 bits per heavy atom. The van der Waals surface area contributed by atoms with Crippen LogP contribution in [0.1, 0.15) is 0 Å². The molecule has 0 atom stereocenters. The van der Waals surface area contributed by atoms with E-state index in [9.17, 15) is 0 Å². The Hall–Kier alpha value is -1.30. The molecule has 24 heavy (non-hydrogen) atoms. The Balaban J connectivity index is 1.75. The molecule has 4 aromatic rings. The summed E-state index contributed by atoms with van der Waals surface area (Å²) in [7, 11) is -0.809. The molecule has 0 saturated heterocycles. The lowest BCUT2D eigenvalue weighted by Gasteiger charge is -2.31. The number of thiophene rings is 2. The third-order valence-electron chi connectivity index (χ3n) is 4.24. The first kappa shape index (κ1) is 15.0. The monoisotopic (exact) mass is 380 g/mol. The predicted octanol–water partition coefficient (Wildman–Crippen LogP) is 3.64. The maximum Gasteiger partial charge on any atom is 0.00401 e. The first-order valence-corrected chi connectivity index (χ1v) is 12.3. The second kappa shape index (κ2) is 6.21. The highest BCUT2D eigenvalue weighted by atomic mass is 32.1. The van der Waals surface area contributed by atoms with Crippen LogP contribution in [0, 0.1) is 0 Å². The largest absolute Gasteiger partial charge is 0.151 e. The van der Waals surface area contributed by atoms with Gasteiger partial charge in [0.2, 0.25) is 0 Å². The molecule has 0 bridgehead atoms. The summed E-state index contributed by atoms with van der Waals surface area (Å²) < 4.78 is 0. The van der Waals surface area contributed by atoms with E-state index in [1.807, 2.05) is 22.7 Å². The molecule has 2 aromatic heterocycles. The molecule has 0 radical (unpaired) electrons. The first-order valence-electron chi connectivity index (χ1n) is 7.76. The molecule has 3 heterocycles. The second-order valence-corrected chi connectivity index (χ2v) is 11.4. The standard InChI is InChI=1S/C20H14P2S2/c1-3-7-15(8-4-1)21-17-11-23-13-19(17)22(16-9-5-2-6-10-16)20-14-24-12-18(20)21/h1-14H. The van der Waals surface area contributed by atoms with Gasteiger partial charge in [0.25, 0.3) is 0 Å². The zero-order chi connectivity index (χ0) is 15.9. The molecular weight excluding hydrogens is 366 g/mol. The van der Waals surface area contributed by atoms with Gasteiger partial charge >= 0.3 is 0 Å². The van der Waals surface area contributed by atoms with Crippen LogP contribution in [0.2, 0.25) is 0 Å². The van der Waals surface area contributed by atoms with Crippen molar-refractivity contribution in [2.75, 3.05) is 0 Å². The zero-order valence-electron chi connectivity index (χ0n) is 12.8. The number of hydrogen-bond acceptors (Lipinski definition) is 2. The molecule has 4 heteroatoms. The summed E-state index contributed by atoms with van der Waals surface area (Å²) in [6, 6.07) is 22.1. The van der Waals surface area contributed by atoms with Crippen LogP contribution in [-0.4, -0.2) is 0 Å². The van der Waals surface area contributed by atoms with E-state index in [1.54, 1.807) is 21.2 Å². The van der Waals surface area contributed by atoms with Gasteiger partial charge in [0.15, 0.2) is 0 Å². The highest BCUT2D eigenvalue weighted by Gasteiger charge is 2.35. The van der Waals surface area contributed by atoms with Gasteiger partial charge in [-0.1, -0.05) is 60.7 Å². The molecule has 1 aliphatic heterocycles. The lowest BCUT2D eigenvalue weighted by Crippen LogP contribution is -2.42. The van der Waals surface area contributed by atoms with Gasteiger partial charge in [-0.25, -0.2) is 0 Å². The molecule has 0 unspecified atom stereocenters. The lowest BCUT2D eigenvalue weighted by molar-refractivity contribution is 1.77. The highest BCUT2D eigenvalue weighted by molar-refractivity contribution is 7.91. The number of rotatable bonds is 2. The molecule has 0 saturated carbocycles. The number of fused-ring (bicyclic) bond motifs is 2. The summed E-state index contributed by atoms with van der Waals surface area (Å²) in [5.74, 6) is 0. The van der Waals surface area contributed by atoms with Crippen LogP contribution in [0.25, 0.3) is 0 Å². The van der Waals surface area contributed by atoms with Crippen LogP contribution in [0.5, 0.6) is 0 Å². The molecule has 1 aliphatic rings. The van der Waals surface area contributed by atoms with Crippen LogP contribution in [-0.2, 0) is 0 Å². The zero-order valence-corrected chi connectivity index (χ0v) is 16.2. The fourth-order valence-electron chi connectivity index (χ4n) is 3.21. The SMILES string of the molecule is c1ccc(P2c3cscc3P(c3ccccc3)c3cscc32)cc1. The highest BCUT2D eigenvalue weighted by Crippen LogP contribution is 2.46. The van der Waals surface area contributed by atoms with Crippen molar-refractivity contribution in [3.05, 3.63) is 82.2 Å². The molecule has 5 rings (SSSR count). The van der Waals surface area contributed by atoms with Crippen molar-refractivity contribution >= 4 is 70.3 Å². The maximum absolute atomic E-state index is 2.40. The van der Waals surface area contributed by atoms with Crippen molar-refractivity contribution in [1.82, 2.24) is 0 Å². The predicted molar refractivity (Wildman–Crippen MR) is 113 cm³/mol. The molecule has 0 fully saturated rings. The van der Waals surface area contributed by atoms with Crippen molar-refractivity contribution in [1.29, 1.82) is 0 Å². The van der Waals surface area contributed by atoms with E-state index in [-0.39, 0.29) is 0 Å². The Kier molecular flexibility index (Phi) is 3.88. The van der Waals surface area contributed by atoms with Gasteiger partial charge in [-0.3, -0.25) is 0 Å². The molecule has 0 amide bonds. The van der Waals surface area contributed by atoms with Crippen molar-refractivity contribution in [2.24, 2.45) is 0 Å². The number of hydrogen-bond donors (Lipinski definition) is 0. The van der Waals surface area contributed by atoms with Gasteiger partial charge in [0, 0.05) is 21.2 Å². The summed E-state index contributed by atoms with van der Waals surface area (Å²) >= 11 is 3.72. The average Bonchev–Trinajstić information content (AvgIpc) is 3.30. The fourth-order valence-corrected chi connectivity index (χ4v) is 12.1. The summed E-state index contributed by atoms with van der Waals surface area (Å²) in [6.45, 7) is 0. The van der Waals surface area contributed by atoms with Gasteiger partial charge in [-0.15, -0.1) is 0 Å². The van der Waals surface area contributed by atoms with Crippen molar-refractivity contribution < 1.29 is 0 Å². The van der Waals surface area contributed by atoms with Crippen LogP contribution < -0.4 is 31.8 Å². The van der Waals surface area contributed by atoms with E-state index in [4.69, 9.17) is 0 Å². The third-order valence-corrected chi connectivity index (χ3v) is 11.8. The second-order valence-electron chi connectivity index (χ2n) is 5.63. The number of benzene rings is 2. The quantitative estimate of drug-likeness (QED) is 0.410. The van der Waals surface area contributed by atoms with E-state index in [0.717, 1.165) is 0 Å². The molecule has 0 nitrogen and oxygen atoms in total. The third kappa shape index (κ3) is 2.33. The van der Waals surface area contributed by atoms with E-state index < -0.39 is 15.8 Å². The van der Waals surface area contributed by atoms with Crippen LogP contribution in [0.15, 0.2) is 82.2 Å². The van der Waals surface area contributed by atoms with Crippen molar-refractivity contribution in [2.45, 2.75) is 0 Å². The van der Waals surface area contributed by atoms with Gasteiger partial charge in [-0.2, -0.15) is 22.7 Å². The van der Waals surface area contributed by atoms with Crippen molar-refractivity contribution in [3.8, 4) is 0 Å². The topological polar surface area (TPSA) is 0 Å². The first-order chi connectivity index (χ1) is 11.9. The maximum atomic E-state index is 2.40. The summed E-state index contributed by atoms with van der Waals surface area (Å²) in [5.41, 5.74) is 0. The molecule has 0 N–H and O–H groups in total. The Morgan fingerprint density at radius 2 is 0.792 bits per heavy atom. The van der Waals surface area contributed by atoms with Gasteiger partial charge in [0.1, 0.15) is 0 Å². The minimum atomic E-state index is -0.404. The molecule has 2 aromatic carbocycles. The lowest BCUT2D eigenvalue weighted by atomic mass is 10.4. The molecular formula is C20H14P2S2. The summed E-state index contributed by atoms with van der Waals surface area (Å²) in [6.07, 6.45) is 0. The van der Waals surface area contributed by atoms with Crippen molar-refractivity contribution in [3.63, 3.8) is 0 Å². The van der Waals surface area contributed by atoms with E-state index in [1.165, 1.54) is 10.6 Å². The van der Waals surface area contributed by atoms with Gasteiger partial charge in [-0.05, 0) is 48.0 Å². The van der Waals surface area contributed by atoms with Crippen LogP contribution in [0.3, 0.4) is 0 Å². The average molecular weight is 380 g/mol. The Labute approximate surface area is 152 Å². The normalized spacial score (nSPS) is 18.8. The minimum Gasteiger partial charge on any atom is -0.151 e. The van der Waals surface area contributed by atoms with E-state index in [0.29, 0.717) is 0 Å². The van der Waals surface area contributed by atoms with E-state index >= 15 is 0 Å². The smallest absolute Gasteiger partial charge is 0.00401 e. The summed E-state index contributed by atoms with van der Waals surface area (Å²) in [4.78, 5) is 0. The minimum absolute atomic E-state index is 0.404. The van der Waals surface area contributed by atoms with Crippen LogP contribution in [0.4, 0.5) is 0 Å².